The topological polar surface area (TPSA) is 73.7 Å². The lowest BCUT2D eigenvalue weighted by molar-refractivity contribution is -0.192. The Morgan fingerprint density at radius 2 is 2.00 bits per heavy atom. The number of carbonyl (C=O) groups is 2. The molecule has 2 saturated heterocycles. The highest BCUT2D eigenvalue weighted by Gasteiger charge is 2.45. The van der Waals surface area contributed by atoms with Gasteiger partial charge in [-0.1, -0.05) is 13.3 Å². The average molecular weight is 450 g/mol. The van der Waals surface area contributed by atoms with Gasteiger partial charge in [0.1, 0.15) is 0 Å². The summed E-state index contributed by atoms with van der Waals surface area (Å²) in [5, 5.41) is 10.3. The minimum Gasteiger partial charge on any atom is -0.475 e. The molecule has 3 rings (SSSR count). The number of amides is 1. The Hall–Kier alpha value is -1.68. The number of hydrogen-bond donors (Lipinski definition) is 1. The number of halogens is 3. The van der Waals surface area contributed by atoms with Crippen LogP contribution in [0.4, 0.5) is 13.2 Å². The molecule has 2 fully saturated rings. The summed E-state index contributed by atoms with van der Waals surface area (Å²) < 4.78 is 31.7. The van der Waals surface area contributed by atoms with Gasteiger partial charge in [0, 0.05) is 23.9 Å². The predicted molar refractivity (Wildman–Crippen MR) is 108 cm³/mol. The summed E-state index contributed by atoms with van der Waals surface area (Å²) in [5.41, 5.74) is 1.16. The van der Waals surface area contributed by atoms with E-state index < -0.39 is 12.1 Å². The monoisotopic (exact) mass is 449 g/mol. The molecule has 30 heavy (non-hydrogen) atoms. The highest BCUT2D eigenvalue weighted by Crippen LogP contribution is 2.40. The lowest BCUT2D eigenvalue weighted by Crippen LogP contribution is -2.46. The molecule has 6 nitrogen and oxygen atoms in total. The number of rotatable bonds is 5. The number of unbranched alkanes of at least 4 members (excludes halogenated alkanes) is 1. The molecule has 1 unspecified atom stereocenters. The zero-order chi connectivity index (χ0) is 22.4. The zero-order valence-corrected chi connectivity index (χ0v) is 18.3. The van der Waals surface area contributed by atoms with Crippen LogP contribution in [0.25, 0.3) is 0 Å². The number of aliphatic carboxylic acids is 1. The van der Waals surface area contributed by atoms with Crippen molar-refractivity contribution in [1.82, 2.24) is 14.8 Å². The molecule has 1 amide bonds. The molecule has 1 aromatic heterocycles. The summed E-state index contributed by atoms with van der Waals surface area (Å²) in [7, 11) is 0. The van der Waals surface area contributed by atoms with Crippen LogP contribution in [0.3, 0.4) is 0 Å². The van der Waals surface area contributed by atoms with Gasteiger partial charge < -0.3 is 14.9 Å². The van der Waals surface area contributed by atoms with Crippen LogP contribution >= 0.6 is 11.3 Å². The summed E-state index contributed by atoms with van der Waals surface area (Å²) in [4.78, 5) is 30.8. The molecule has 1 N–H and O–H groups in total. The minimum absolute atomic E-state index is 0.0928. The van der Waals surface area contributed by atoms with E-state index in [1.165, 1.54) is 32.4 Å². The maximum Gasteiger partial charge on any atom is 0.490 e. The summed E-state index contributed by atoms with van der Waals surface area (Å²) in [6.07, 6.45) is 2.72. The molecule has 1 spiro atoms. The van der Waals surface area contributed by atoms with Gasteiger partial charge >= 0.3 is 12.1 Å². The molecule has 10 heteroatoms. The summed E-state index contributed by atoms with van der Waals surface area (Å²) in [6, 6.07) is 0. The van der Waals surface area contributed by atoms with Crippen molar-refractivity contribution in [2.24, 2.45) is 0 Å². The van der Waals surface area contributed by atoms with E-state index in [1.807, 2.05) is 6.92 Å². The largest absolute Gasteiger partial charge is 0.490 e. The van der Waals surface area contributed by atoms with Crippen LogP contribution in [0.1, 0.15) is 62.6 Å². The van der Waals surface area contributed by atoms with Gasteiger partial charge in [-0.05, 0) is 52.1 Å². The van der Waals surface area contributed by atoms with Gasteiger partial charge in [0.25, 0.3) is 0 Å². The van der Waals surface area contributed by atoms with Crippen molar-refractivity contribution >= 4 is 23.2 Å². The van der Waals surface area contributed by atoms with Gasteiger partial charge in [0.05, 0.1) is 17.2 Å². The molecule has 0 bridgehead atoms. The SMILES string of the molecule is CCCCN1CCCC2(CCC(=O)N2Cc2csc(C)n2)CC1.O=C(O)C(F)(F)F. The fraction of sp³-hybridized carbons (Fsp3) is 0.750. The van der Waals surface area contributed by atoms with E-state index in [0.29, 0.717) is 12.5 Å². The van der Waals surface area contributed by atoms with Crippen molar-refractivity contribution in [2.75, 3.05) is 19.6 Å². The second kappa shape index (κ2) is 10.6. The molecule has 170 valence electrons. The van der Waals surface area contributed by atoms with Crippen molar-refractivity contribution in [3.63, 3.8) is 0 Å². The third kappa shape index (κ3) is 6.66. The van der Waals surface area contributed by atoms with Gasteiger partial charge in [-0.3, -0.25) is 4.79 Å². The summed E-state index contributed by atoms with van der Waals surface area (Å²) in [5.74, 6) is -2.43. The van der Waals surface area contributed by atoms with E-state index in [2.05, 4.69) is 27.1 Å². The molecule has 0 radical (unpaired) electrons. The van der Waals surface area contributed by atoms with Crippen molar-refractivity contribution in [3.05, 3.63) is 16.1 Å². The van der Waals surface area contributed by atoms with E-state index in [0.717, 1.165) is 42.9 Å². The second-order valence-corrected chi connectivity index (χ2v) is 8.98. The van der Waals surface area contributed by atoms with Gasteiger partial charge in [0.15, 0.2) is 0 Å². The number of alkyl halides is 3. The molecule has 0 saturated carbocycles. The number of aromatic nitrogens is 1. The Kier molecular flexibility index (Phi) is 8.66. The summed E-state index contributed by atoms with van der Waals surface area (Å²) >= 11 is 1.68. The van der Waals surface area contributed by atoms with Gasteiger partial charge in [0.2, 0.25) is 5.91 Å². The Labute approximate surface area is 179 Å². The number of carbonyl (C=O) groups excluding carboxylic acids is 1. The summed E-state index contributed by atoms with van der Waals surface area (Å²) in [6.45, 7) is 8.54. The number of hydrogen-bond acceptors (Lipinski definition) is 5. The fourth-order valence-electron chi connectivity index (χ4n) is 4.13. The van der Waals surface area contributed by atoms with Crippen LogP contribution in [-0.2, 0) is 16.1 Å². The maximum absolute atomic E-state index is 12.5. The predicted octanol–water partition coefficient (Wildman–Crippen LogP) is 4.23. The quantitative estimate of drug-likeness (QED) is 0.728. The van der Waals surface area contributed by atoms with Gasteiger partial charge in [-0.15, -0.1) is 11.3 Å². The first-order valence-corrected chi connectivity index (χ1v) is 11.2. The molecule has 2 aliphatic rings. The highest BCUT2D eigenvalue weighted by atomic mass is 32.1. The lowest BCUT2D eigenvalue weighted by atomic mass is 9.87. The van der Waals surface area contributed by atoms with Crippen molar-refractivity contribution in [3.8, 4) is 0 Å². The zero-order valence-electron chi connectivity index (χ0n) is 17.5. The Balaban J connectivity index is 0.000000396. The highest BCUT2D eigenvalue weighted by molar-refractivity contribution is 7.09. The fourth-order valence-corrected chi connectivity index (χ4v) is 4.74. The van der Waals surface area contributed by atoms with Gasteiger partial charge in [-0.25, -0.2) is 9.78 Å². The number of aryl methyl sites for hydroxylation is 1. The van der Waals surface area contributed by atoms with Crippen LogP contribution in [0, 0.1) is 6.92 Å². The molecule has 3 heterocycles. The number of carboxylic acids is 1. The van der Waals surface area contributed by atoms with Crippen LogP contribution in [0.15, 0.2) is 5.38 Å². The second-order valence-electron chi connectivity index (χ2n) is 7.91. The Morgan fingerprint density at radius 3 is 2.57 bits per heavy atom. The third-order valence-corrected chi connectivity index (χ3v) is 6.57. The van der Waals surface area contributed by atoms with E-state index >= 15 is 0 Å². The first-order chi connectivity index (χ1) is 14.1. The molecule has 0 aromatic carbocycles. The number of likely N-dealkylation sites (tertiary alicyclic amines) is 2. The number of nitrogens with zero attached hydrogens (tertiary/aromatic N) is 3. The van der Waals surface area contributed by atoms with Crippen LogP contribution in [-0.4, -0.2) is 63.1 Å². The van der Waals surface area contributed by atoms with Crippen molar-refractivity contribution in [1.29, 1.82) is 0 Å². The van der Waals surface area contributed by atoms with E-state index in [4.69, 9.17) is 9.90 Å². The third-order valence-electron chi connectivity index (χ3n) is 5.74. The van der Waals surface area contributed by atoms with Gasteiger partial charge in [-0.2, -0.15) is 13.2 Å². The van der Waals surface area contributed by atoms with E-state index in [-0.39, 0.29) is 5.54 Å². The smallest absolute Gasteiger partial charge is 0.475 e. The van der Waals surface area contributed by atoms with Crippen LogP contribution in [0.2, 0.25) is 0 Å². The molecular weight excluding hydrogens is 419 g/mol. The first kappa shape index (κ1) is 24.6. The van der Waals surface area contributed by atoms with Crippen molar-refractivity contribution in [2.45, 2.75) is 77.1 Å². The van der Waals surface area contributed by atoms with E-state index in [9.17, 15) is 18.0 Å². The number of carboxylic acid groups (broad SMARTS) is 1. The number of thiazole rings is 1. The molecule has 1 atom stereocenters. The molecular formula is C20H30F3N3O3S. The minimum atomic E-state index is -5.08. The molecule has 1 aromatic rings. The van der Waals surface area contributed by atoms with E-state index in [1.54, 1.807) is 11.3 Å². The lowest BCUT2D eigenvalue weighted by Gasteiger charge is -2.38. The van der Waals surface area contributed by atoms with Crippen LogP contribution in [0.5, 0.6) is 0 Å². The first-order valence-electron chi connectivity index (χ1n) is 10.3. The van der Waals surface area contributed by atoms with Crippen LogP contribution < -0.4 is 0 Å². The Morgan fingerprint density at radius 1 is 1.30 bits per heavy atom. The standard InChI is InChI=1S/C18H29N3OS.C2HF3O2/c1-3-4-10-20-11-5-7-18(9-12-20)8-6-17(22)21(18)13-16-14-23-15(2)19-16;3-2(4,5)1(6)7/h14H,3-13H2,1-2H3;(H,6,7). The maximum atomic E-state index is 12.5. The van der Waals surface area contributed by atoms with Crippen molar-refractivity contribution < 1.29 is 27.9 Å². The molecule has 0 aliphatic carbocycles. The average Bonchev–Trinajstić information content (AvgIpc) is 3.13. The molecule has 2 aliphatic heterocycles. The Bertz CT molecular complexity index is 726. The normalized spacial score (nSPS) is 22.7.